The summed E-state index contributed by atoms with van der Waals surface area (Å²) >= 11 is 0. The highest BCUT2D eigenvalue weighted by Gasteiger charge is 2.59. The Kier molecular flexibility index (Phi) is 4.63. The van der Waals surface area contributed by atoms with Crippen molar-refractivity contribution in [3.05, 3.63) is 35.4 Å². The summed E-state index contributed by atoms with van der Waals surface area (Å²) in [5, 5.41) is 9.94. The second-order valence-corrected chi connectivity index (χ2v) is 7.74. The first-order valence-corrected chi connectivity index (χ1v) is 9.20. The van der Waals surface area contributed by atoms with Gasteiger partial charge in [-0.25, -0.2) is 8.78 Å². The van der Waals surface area contributed by atoms with Gasteiger partial charge in [0.2, 0.25) is 0 Å². The zero-order chi connectivity index (χ0) is 19.2. The minimum Gasteiger partial charge on any atom is -0.481 e. The molecule has 0 aromatic heterocycles. The Hall–Kier alpha value is -2.06. The number of likely N-dealkylation sites (tertiary alicyclic amines) is 2. The van der Waals surface area contributed by atoms with E-state index in [4.69, 9.17) is 4.74 Å². The van der Waals surface area contributed by atoms with Gasteiger partial charge in [-0.1, -0.05) is 0 Å². The summed E-state index contributed by atoms with van der Waals surface area (Å²) in [6.07, 6.45) is 1.76. The number of ether oxygens (including phenoxy) is 1. The van der Waals surface area contributed by atoms with E-state index >= 15 is 0 Å². The summed E-state index contributed by atoms with van der Waals surface area (Å²) < 4.78 is 32.5. The monoisotopic (exact) mass is 380 g/mol. The summed E-state index contributed by atoms with van der Waals surface area (Å²) in [4.78, 5) is 28.4. The number of nitrogens with zero attached hydrogens (tertiary/aromatic N) is 2. The van der Waals surface area contributed by atoms with Crippen molar-refractivity contribution in [1.29, 1.82) is 0 Å². The van der Waals surface area contributed by atoms with E-state index in [2.05, 4.69) is 4.90 Å². The third-order valence-electron chi connectivity index (χ3n) is 6.22. The van der Waals surface area contributed by atoms with Gasteiger partial charge >= 0.3 is 5.97 Å². The summed E-state index contributed by atoms with van der Waals surface area (Å²) in [6, 6.07) is 3.12. The average molecular weight is 380 g/mol. The van der Waals surface area contributed by atoms with Crippen LogP contribution in [0.15, 0.2) is 18.2 Å². The van der Waals surface area contributed by atoms with Gasteiger partial charge in [-0.05, 0) is 25.0 Å². The van der Waals surface area contributed by atoms with Crippen molar-refractivity contribution in [2.24, 2.45) is 11.3 Å². The number of fused-ring (bicyclic) bond motifs is 1. The normalized spacial score (nSPS) is 29.1. The van der Waals surface area contributed by atoms with Crippen LogP contribution in [0, 0.1) is 23.0 Å². The van der Waals surface area contributed by atoms with E-state index in [0.717, 1.165) is 25.0 Å². The molecule has 3 fully saturated rings. The van der Waals surface area contributed by atoms with Gasteiger partial charge in [0.25, 0.3) is 5.91 Å². The third-order valence-corrected chi connectivity index (χ3v) is 6.22. The Labute approximate surface area is 155 Å². The van der Waals surface area contributed by atoms with Crippen molar-refractivity contribution in [2.45, 2.75) is 18.9 Å². The highest BCUT2D eigenvalue weighted by molar-refractivity contribution is 5.95. The Morgan fingerprint density at radius 1 is 1.15 bits per heavy atom. The number of hydrogen-bond donors (Lipinski definition) is 1. The summed E-state index contributed by atoms with van der Waals surface area (Å²) in [5.74, 6) is -3.39. The lowest BCUT2D eigenvalue weighted by atomic mass is 9.81. The maximum absolute atomic E-state index is 14.0. The predicted octanol–water partition coefficient (Wildman–Crippen LogP) is 1.60. The van der Waals surface area contributed by atoms with E-state index in [0.29, 0.717) is 38.4 Å². The largest absolute Gasteiger partial charge is 0.481 e. The lowest BCUT2D eigenvalue weighted by Gasteiger charge is -2.33. The number of carbonyl (C=O) groups is 2. The SMILES string of the molecule is O=C(c1ccc(F)cc1F)N1CC2CN(C3CCOCC3)C[C@@]2(C(=O)O)C1. The number of benzene rings is 1. The second-order valence-electron chi connectivity index (χ2n) is 7.74. The first-order valence-electron chi connectivity index (χ1n) is 9.20. The fourth-order valence-corrected chi connectivity index (χ4v) is 4.72. The lowest BCUT2D eigenvalue weighted by Crippen LogP contribution is -2.45. The Bertz CT molecular complexity index is 768. The maximum Gasteiger partial charge on any atom is 0.313 e. The maximum atomic E-state index is 14.0. The molecule has 1 unspecified atom stereocenters. The predicted molar refractivity (Wildman–Crippen MR) is 91.2 cm³/mol. The number of amides is 1. The first kappa shape index (κ1) is 18.3. The number of carboxylic acids is 1. The van der Waals surface area contributed by atoms with Crippen molar-refractivity contribution in [2.75, 3.05) is 39.4 Å². The van der Waals surface area contributed by atoms with E-state index in [1.807, 2.05) is 0 Å². The Balaban J connectivity index is 1.53. The molecule has 1 amide bonds. The molecule has 0 radical (unpaired) electrons. The minimum atomic E-state index is -1.04. The molecule has 1 aromatic rings. The molecule has 1 N–H and O–H groups in total. The van der Waals surface area contributed by atoms with E-state index < -0.39 is 28.9 Å². The highest BCUT2D eigenvalue weighted by Crippen LogP contribution is 2.44. The van der Waals surface area contributed by atoms with Crippen LogP contribution in [0.5, 0.6) is 0 Å². The smallest absolute Gasteiger partial charge is 0.313 e. The zero-order valence-corrected chi connectivity index (χ0v) is 14.9. The topological polar surface area (TPSA) is 70.1 Å². The molecule has 0 spiro atoms. The lowest BCUT2D eigenvalue weighted by molar-refractivity contribution is -0.148. The third kappa shape index (κ3) is 3.10. The summed E-state index contributed by atoms with van der Waals surface area (Å²) in [7, 11) is 0. The number of rotatable bonds is 3. The van der Waals surface area contributed by atoms with Crippen molar-refractivity contribution >= 4 is 11.9 Å². The van der Waals surface area contributed by atoms with Gasteiger partial charge in [0.15, 0.2) is 0 Å². The van der Waals surface area contributed by atoms with Crippen LogP contribution in [-0.4, -0.2) is 72.2 Å². The molecule has 3 saturated heterocycles. The van der Waals surface area contributed by atoms with Crippen LogP contribution in [0.25, 0.3) is 0 Å². The number of carbonyl (C=O) groups excluding carboxylic acids is 1. The summed E-state index contributed by atoms with van der Waals surface area (Å²) in [5.41, 5.74) is -1.26. The number of aliphatic carboxylic acids is 1. The molecule has 0 bridgehead atoms. The Morgan fingerprint density at radius 2 is 1.89 bits per heavy atom. The van der Waals surface area contributed by atoms with Crippen LogP contribution in [0.1, 0.15) is 23.2 Å². The van der Waals surface area contributed by atoms with Gasteiger partial charge in [-0.15, -0.1) is 0 Å². The molecule has 1 aromatic carbocycles. The molecular formula is C19H22F2N2O4. The van der Waals surface area contributed by atoms with Crippen LogP contribution < -0.4 is 0 Å². The summed E-state index contributed by atoms with van der Waals surface area (Å²) in [6.45, 7) is 2.66. The molecule has 3 aliphatic rings. The molecule has 3 aliphatic heterocycles. The second kappa shape index (κ2) is 6.83. The van der Waals surface area contributed by atoms with Gasteiger partial charge in [0, 0.05) is 57.4 Å². The number of halogens is 2. The van der Waals surface area contributed by atoms with E-state index in [-0.39, 0.29) is 24.6 Å². The standard InChI is InChI=1S/C19H22F2N2O4/c20-13-1-2-15(16(21)7-13)17(24)23-9-12-8-22(14-3-5-27-6-4-14)10-19(12,11-23)18(25)26/h1-2,7,12,14H,3-6,8-11H2,(H,25,26)/t12?,19-/m1/s1. The Morgan fingerprint density at radius 3 is 2.52 bits per heavy atom. The highest BCUT2D eigenvalue weighted by atomic mass is 19.1. The van der Waals surface area contributed by atoms with Gasteiger partial charge in [0.05, 0.1) is 5.56 Å². The van der Waals surface area contributed by atoms with Crippen molar-refractivity contribution < 1.29 is 28.2 Å². The van der Waals surface area contributed by atoms with E-state index in [9.17, 15) is 23.5 Å². The minimum absolute atomic E-state index is 0.0440. The average Bonchev–Trinajstić information content (AvgIpc) is 3.18. The van der Waals surface area contributed by atoms with Gasteiger partial charge in [-0.3, -0.25) is 14.5 Å². The van der Waals surface area contributed by atoms with Crippen LogP contribution >= 0.6 is 0 Å². The van der Waals surface area contributed by atoms with Gasteiger partial charge in [-0.2, -0.15) is 0 Å². The molecule has 146 valence electrons. The number of hydrogen-bond acceptors (Lipinski definition) is 4. The molecule has 3 heterocycles. The van der Waals surface area contributed by atoms with Crippen LogP contribution in [0.4, 0.5) is 8.78 Å². The fraction of sp³-hybridized carbons (Fsp3) is 0.579. The molecule has 0 aliphatic carbocycles. The fourth-order valence-electron chi connectivity index (χ4n) is 4.72. The van der Waals surface area contributed by atoms with Crippen LogP contribution in [-0.2, 0) is 9.53 Å². The van der Waals surface area contributed by atoms with E-state index in [1.165, 1.54) is 4.90 Å². The molecular weight excluding hydrogens is 358 g/mol. The molecule has 4 rings (SSSR count). The van der Waals surface area contributed by atoms with Crippen molar-refractivity contribution in [1.82, 2.24) is 9.80 Å². The number of carboxylic acid groups (broad SMARTS) is 1. The van der Waals surface area contributed by atoms with E-state index in [1.54, 1.807) is 0 Å². The molecule has 8 heteroatoms. The molecule has 6 nitrogen and oxygen atoms in total. The molecule has 27 heavy (non-hydrogen) atoms. The van der Waals surface area contributed by atoms with Crippen molar-refractivity contribution in [3.63, 3.8) is 0 Å². The van der Waals surface area contributed by atoms with Crippen LogP contribution in [0.3, 0.4) is 0 Å². The quantitative estimate of drug-likeness (QED) is 0.863. The molecule has 0 saturated carbocycles. The van der Waals surface area contributed by atoms with Crippen molar-refractivity contribution in [3.8, 4) is 0 Å². The van der Waals surface area contributed by atoms with Gasteiger partial charge in [0.1, 0.15) is 17.0 Å². The van der Waals surface area contributed by atoms with Gasteiger partial charge < -0.3 is 14.7 Å². The zero-order valence-electron chi connectivity index (χ0n) is 14.9. The molecule has 2 atom stereocenters. The first-order chi connectivity index (χ1) is 12.9. The van der Waals surface area contributed by atoms with Crippen LogP contribution in [0.2, 0.25) is 0 Å².